The van der Waals surface area contributed by atoms with E-state index < -0.39 is 5.82 Å². The molecule has 2 aromatic rings. The van der Waals surface area contributed by atoms with Crippen LogP contribution in [0, 0.1) is 34.4 Å². The van der Waals surface area contributed by atoms with Gasteiger partial charge in [-0.15, -0.1) is 0 Å². The summed E-state index contributed by atoms with van der Waals surface area (Å²) in [6, 6.07) is 5.59. The van der Waals surface area contributed by atoms with E-state index in [2.05, 4.69) is 38.2 Å². The number of fused-ring (bicyclic) bond motifs is 2. The van der Waals surface area contributed by atoms with Gasteiger partial charge in [0, 0.05) is 60.1 Å². The first-order valence-corrected chi connectivity index (χ1v) is 13.4. The maximum atomic E-state index is 14.4. The van der Waals surface area contributed by atoms with E-state index in [-0.39, 0.29) is 46.3 Å². The van der Waals surface area contributed by atoms with Crippen molar-refractivity contribution in [3.63, 3.8) is 0 Å². The van der Waals surface area contributed by atoms with Crippen LogP contribution in [-0.4, -0.2) is 65.5 Å². The fourth-order valence-corrected chi connectivity index (χ4v) is 6.93. The van der Waals surface area contributed by atoms with Crippen LogP contribution in [0.5, 0.6) is 0 Å². The average Bonchev–Trinajstić information content (AvgIpc) is 3.45. The Morgan fingerprint density at radius 2 is 2.03 bits per heavy atom. The van der Waals surface area contributed by atoms with E-state index in [9.17, 15) is 14.1 Å². The number of nitrogens with one attached hydrogen (secondary N) is 2. The van der Waals surface area contributed by atoms with E-state index in [1.807, 2.05) is 17.3 Å². The van der Waals surface area contributed by atoms with Crippen molar-refractivity contribution < 1.29 is 19.8 Å². The minimum Gasteiger partial charge on any atom is -0.870 e. The highest BCUT2D eigenvalue weighted by Crippen LogP contribution is 2.54. The van der Waals surface area contributed by atoms with Crippen LogP contribution >= 0.6 is 11.6 Å². The maximum Gasteiger partial charge on any atom is 0.253 e. The fourth-order valence-electron chi connectivity index (χ4n) is 6.80. The Balaban J connectivity index is 0.00000336. The minimum atomic E-state index is -0.602. The maximum absolute atomic E-state index is 14.4. The van der Waals surface area contributed by atoms with Crippen LogP contribution in [0.25, 0.3) is 0 Å². The van der Waals surface area contributed by atoms with Crippen molar-refractivity contribution in [1.29, 1.82) is 0 Å². The van der Waals surface area contributed by atoms with Crippen LogP contribution in [0.2, 0.25) is 5.28 Å². The highest BCUT2D eigenvalue weighted by atomic mass is 35.5. The molecule has 206 valence electrons. The Labute approximate surface area is 226 Å². The predicted molar refractivity (Wildman–Crippen MR) is 142 cm³/mol. The van der Waals surface area contributed by atoms with Gasteiger partial charge in [0.15, 0.2) is 11.6 Å². The van der Waals surface area contributed by atoms with E-state index in [0.29, 0.717) is 11.6 Å². The molecule has 1 amide bonds. The highest BCUT2D eigenvalue weighted by Gasteiger charge is 2.54. The van der Waals surface area contributed by atoms with Crippen molar-refractivity contribution in [2.24, 2.45) is 29.4 Å². The van der Waals surface area contributed by atoms with Crippen molar-refractivity contribution >= 4 is 34.7 Å². The first kappa shape index (κ1) is 28.1. The second-order valence-corrected chi connectivity index (χ2v) is 11.1. The summed E-state index contributed by atoms with van der Waals surface area (Å²) in [5.41, 5.74) is 8.72. The molecule has 1 saturated heterocycles. The number of primary amides is 1. The SMILES string of the molecule is CN1CCN(c2ccc([NH+]=O)cc2CCC[C@@H]2C[C@@H]3C[C@H]2[C@@H](Nc2nc(Cl)ncc2F)[C@H]3C(N)=O)CC1.[OH-]. The molecular formula is C26H35ClFN7O3. The lowest BCUT2D eigenvalue weighted by atomic mass is 9.76. The van der Waals surface area contributed by atoms with Crippen LogP contribution in [0.4, 0.5) is 21.6 Å². The van der Waals surface area contributed by atoms with Gasteiger partial charge in [-0.25, -0.2) is 9.37 Å². The number of hydrogen-bond donors (Lipinski definition) is 3. The van der Waals surface area contributed by atoms with Crippen molar-refractivity contribution in [3.05, 3.63) is 46.0 Å². The summed E-state index contributed by atoms with van der Waals surface area (Å²) >= 11 is 5.88. The van der Waals surface area contributed by atoms with Gasteiger partial charge in [-0.3, -0.25) is 4.79 Å². The van der Waals surface area contributed by atoms with Crippen molar-refractivity contribution in [2.45, 2.75) is 38.1 Å². The van der Waals surface area contributed by atoms with Crippen molar-refractivity contribution in [1.82, 2.24) is 14.9 Å². The van der Waals surface area contributed by atoms with Crippen molar-refractivity contribution in [2.75, 3.05) is 43.4 Å². The third kappa shape index (κ3) is 5.74. The van der Waals surface area contributed by atoms with Crippen molar-refractivity contribution in [3.8, 4) is 0 Å². The molecule has 1 aromatic heterocycles. The number of aromatic nitrogens is 2. The topological polar surface area (TPSA) is 148 Å². The number of aryl methyl sites for hydroxylation is 1. The van der Waals surface area contributed by atoms with Gasteiger partial charge in [0.25, 0.3) is 5.69 Å². The van der Waals surface area contributed by atoms with E-state index in [0.717, 1.165) is 64.5 Å². The van der Waals surface area contributed by atoms with Gasteiger partial charge in [-0.1, -0.05) is 0 Å². The highest BCUT2D eigenvalue weighted by molar-refractivity contribution is 6.28. The zero-order valence-electron chi connectivity index (χ0n) is 21.4. The monoisotopic (exact) mass is 547 g/mol. The fraction of sp³-hybridized carbons (Fsp3) is 0.577. The zero-order valence-corrected chi connectivity index (χ0v) is 22.2. The zero-order chi connectivity index (χ0) is 26.1. The number of halogens is 2. The number of likely N-dealkylation sites (N-methyl/N-ethyl adjacent to an activating group) is 1. The summed E-state index contributed by atoms with van der Waals surface area (Å²) in [7, 11) is 2.14. The molecule has 10 nitrogen and oxygen atoms in total. The third-order valence-electron chi connectivity index (χ3n) is 8.55. The number of hydrogen-bond acceptors (Lipinski definition) is 8. The van der Waals surface area contributed by atoms with Crippen LogP contribution in [0.1, 0.15) is 31.2 Å². The van der Waals surface area contributed by atoms with Gasteiger partial charge < -0.3 is 26.3 Å². The van der Waals surface area contributed by atoms with Gasteiger partial charge >= 0.3 is 0 Å². The van der Waals surface area contributed by atoms with E-state index in [4.69, 9.17) is 17.3 Å². The van der Waals surface area contributed by atoms with Crippen LogP contribution < -0.4 is 21.1 Å². The number of benzene rings is 1. The summed E-state index contributed by atoms with van der Waals surface area (Å²) in [5, 5.41) is 5.14. The van der Waals surface area contributed by atoms with Gasteiger partial charge in [0.05, 0.1) is 12.1 Å². The number of carbonyl (C=O) groups is 1. The minimum absolute atomic E-state index is 0. The summed E-state index contributed by atoms with van der Waals surface area (Å²) in [6.45, 7) is 3.95. The molecule has 3 aliphatic rings. The molecule has 12 heteroatoms. The summed E-state index contributed by atoms with van der Waals surface area (Å²) in [5.74, 6) is -0.537. The molecule has 2 saturated carbocycles. The van der Waals surface area contributed by atoms with Crippen LogP contribution in [-0.2, 0) is 11.2 Å². The summed E-state index contributed by atoms with van der Waals surface area (Å²) < 4.78 is 14.4. The van der Waals surface area contributed by atoms with Gasteiger partial charge in [-0.2, -0.15) is 4.98 Å². The molecule has 0 spiro atoms. The normalized spacial score (nSPS) is 26.7. The van der Waals surface area contributed by atoms with Gasteiger partial charge in [0.1, 0.15) is 0 Å². The number of piperazine rings is 1. The molecule has 1 aliphatic heterocycles. The van der Waals surface area contributed by atoms with E-state index in [1.54, 1.807) is 0 Å². The van der Waals surface area contributed by atoms with Crippen LogP contribution in [0.3, 0.4) is 0 Å². The molecule has 1 aromatic carbocycles. The number of nitrogens with zero attached hydrogens (tertiary/aromatic N) is 4. The molecule has 5 rings (SSSR count). The predicted octanol–water partition coefficient (Wildman–Crippen LogP) is 1.88. The Bertz CT molecular complexity index is 1160. The van der Waals surface area contributed by atoms with E-state index >= 15 is 0 Å². The lowest BCUT2D eigenvalue weighted by molar-refractivity contribution is -0.379. The average molecular weight is 548 g/mol. The lowest BCUT2D eigenvalue weighted by Gasteiger charge is -2.36. The Morgan fingerprint density at radius 3 is 2.74 bits per heavy atom. The molecule has 38 heavy (non-hydrogen) atoms. The quantitative estimate of drug-likeness (QED) is 0.403. The Hall–Kier alpha value is -2.89. The molecule has 3 fully saturated rings. The Kier molecular flexibility index (Phi) is 8.79. The largest absolute Gasteiger partial charge is 0.870 e. The number of nitroso groups, excluding NO2 is 1. The first-order valence-electron chi connectivity index (χ1n) is 13.0. The molecule has 5 atom stereocenters. The third-order valence-corrected chi connectivity index (χ3v) is 8.73. The number of anilines is 2. The smallest absolute Gasteiger partial charge is 0.253 e. The molecular weight excluding hydrogens is 513 g/mol. The molecule has 5 N–H and O–H groups in total. The number of amides is 1. The van der Waals surface area contributed by atoms with E-state index in [1.165, 1.54) is 11.3 Å². The molecule has 2 bridgehead atoms. The standard InChI is InChI=1S/C26H33ClFN7O2.H2O/c1-34-7-9-35(10-8-34)21-6-5-18(33-37)12-16(21)4-2-3-15-11-17-13-19(15)23(22(17)24(29)36)31-25-20(28)14-30-26(27)32-25;/h5-6,12,14-15,17,19,22-23H,2-4,7-11,13H2,1H3,(H2,29,36)(H,30,31,32);1H2/t15-,17-,19-,22+,23-;/m1./s1. The summed E-state index contributed by atoms with van der Waals surface area (Å²) in [6.07, 6.45) is 5.66. The second-order valence-electron chi connectivity index (χ2n) is 10.7. The number of nitrogens with two attached hydrogens (primary N) is 1. The van der Waals surface area contributed by atoms with Crippen LogP contribution in [0.15, 0.2) is 24.4 Å². The molecule has 2 heterocycles. The molecule has 0 unspecified atom stereocenters. The lowest BCUT2D eigenvalue weighted by Crippen LogP contribution is -2.55. The number of rotatable bonds is 9. The Morgan fingerprint density at radius 1 is 1.26 bits per heavy atom. The van der Waals surface area contributed by atoms with Gasteiger partial charge in [0.2, 0.25) is 11.2 Å². The first-order chi connectivity index (χ1) is 17.8. The van der Waals surface area contributed by atoms with Gasteiger partial charge in [-0.05, 0) is 80.1 Å². The second kappa shape index (κ2) is 11.9. The number of carbonyl (C=O) groups excluding carboxylic acids is 1. The summed E-state index contributed by atoms with van der Waals surface area (Å²) in [4.78, 5) is 36.0. The molecule has 0 radical (unpaired) electrons. The molecule has 2 aliphatic carbocycles.